The minimum Gasteiger partial charge on any atom is -0.378 e. The van der Waals surface area contributed by atoms with Gasteiger partial charge in [-0.3, -0.25) is 4.79 Å². The summed E-state index contributed by atoms with van der Waals surface area (Å²) in [5.41, 5.74) is 4.73. The molecule has 0 spiro atoms. The van der Waals surface area contributed by atoms with Crippen molar-refractivity contribution >= 4 is 11.6 Å². The van der Waals surface area contributed by atoms with Crippen molar-refractivity contribution in [1.29, 1.82) is 0 Å². The van der Waals surface area contributed by atoms with Gasteiger partial charge in [-0.2, -0.15) is 5.10 Å². The van der Waals surface area contributed by atoms with Crippen molar-refractivity contribution < 1.29 is 9.90 Å². The number of carbonyl (C=O) groups is 1. The van der Waals surface area contributed by atoms with E-state index < -0.39 is 12.0 Å². The number of benzene rings is 2. The lowest BCUT2D eigenvalue weighted by Crippen LogP contribution is -2.27. The number of aliphatic hydroxyl groups excluding tert-OH is 1. The van der Waals surface area contributed by atoms with Crippen LogP contribution in [0, 0.1) is 5.92 Å². The number of carbonyl (C=O) groups excluding carboxylic acids is 1. The number of nitrogens with one attached hydrogen (secondary N) is 1. The summed E-state index contributed by atoms with van der Waals surface area (Å²) in [4.78, 5) is 12.0. The number of hydrogen-bond acceptors (Lipinski definition) is 3. The molecule has 0 saturated carbocycles. The molecule has 114 valence electrons. The molecule has 0 heterocycles. The number of amides is 1. The number of aliphatic hydroxyl groups is 1. The van der Waals surface area contributed by atoms with Gasteiger partial charge >= 0.3 is 0 Å². The molecular weight excluding hydrogens is 276 g/mol. The zero-order valence-corrected chi connectivity index (χ0v) is 12.7. The second-order valence-electron chi connectivity index (χ2n) is 5.31. The zero-order valence-electron chi connectivity index (χ0n) is 12.7. The quantitative estimate of drug-likeness (QED) is 0.658. The smallest absolute Gasteiger partial charge is 0.273 e. The molecule has 2 N–H and O–H groups in total. The first kappa shape index (κ1) is 15.9. The van der Waals surface area contributed by atoms with E-state index in [0.717, 1.165) is 11.3 Å². The van der Waals surface area contributed by atoms with Gasteiger partial charge in [-0.15, -0.1) is 0 Å². The van der Waals surface area contributed by atoms with Crippen LogP contribution in [0.2, 0.25) is 0 Å². The predicted octanol–water partition coefficient (Wildman–Crippen LogP) is 2.90. The molecule has 4 heteroatoms. The maximum absolute atomic E-state index is 12.0. The van der Waals surface area contributed by atoms with Gasteiger partial charge in [0.2, 0.25) is 0 Å². The van der Waals surface area contributed by atoms with Crippen LogP contribution in [-0.4, -0.2) is 16.7 Å². The number of nitrogens with zero attached hydrogens (tertiary/aromatic N) is 1. The molecule has 0 aromatic heterocycles. The maximum Gasteiger partial charge on any atom is 0.273 e. The molecule has 0 aliphatic heterocycles. The number of rotatable bonds is 5. The van der Waals surface area contributed by atoms with E-state index >= 15 is 0 Å². The van der Waals surface area contributed by atoms with Crippen LogP contribution in [0.15, 0.2) is 65.8 Å². The van der Waals surface area contributed by atoms with Crippen molar-refractivity contribution in [3.63, 3.8) is 0 Å². The molecular formula is C18H20N2O2. The third kappa shape index (κ3) is 4.02. The molecule has 0 saturated heterocycles. The average Bonchev–Trinajstić information content (AvgIpc) is 2.55. The molecule has 0 bridgehead atoms. The van der Waals surface area contributed by atoms with Gasteiger partial charge in [0.25, 0.3) is 5.91 Å². The van der Waals surface area contributed by atoms with Crippen molar-refractivity contribution in [3.8, 4) is 0 Å². The Morgan fingerprint density at radius 2 is 1.55 bits per heavy atom. The summed E-state index contributed by atoms with van der Waals surface area (Å²) >= 11 is 0. The molecule has 2 rings (SSSR count). The van der Waals surface area contributed by atoms with Gasteiger partial charge in [-0.1, -0.05) is 74.5 Å². The molecule has 1 unspecified atom stereocenters. The predicted molar refractivity (Wildman–Crippen MR) is 87.4 cm³/mol. The Morgan fingerprint density at radius 3 is 2.09 bits per heavy atom. The van der Waals surface area contributed by atoms with Crippen molar-refractivity contribution in [3.05, 3.63) is 71.8 Å². The molecule has 0 aliphatic carbocycles. The Hall–Kier alpha value is -2.46. The standard InChI is InChI=1S/C18H20N2O2/c1-13(2)16(14-9-5-3-6-10-14)19-20-18(22)17(21)15-11-7-4-8-12-15/h3-13,17,21H,1-2H3,(H,20,22)/b19-16-. The SMILES string of the molecule is CC(C)/C(=N/NC(=O)C(O)c1ccccc1)c1ccccc1. The lowest BCUT2D eigenvalue weighted by Gasteiger charge is -2.13. The summed E-state index contributed by atoms with van der Waals surface area (Å²) in [6, 6.07) is 18.5. The van der Waals surface area contributed by atoms with Crippen LogP contribution in [0.1, 0.15) is 31.1 Å². The molecule has 0 radical (unpaired) electrons. The van der Waals surface area contributed by atoms with E-state index in [1.165, 1.54) is 0 Å². The van der Waals surface area contributed by atoms with Crippen LogP contribution in [0.4, 0.5) is 0 Å². The highest BCUT2D eigenvalue weighted by molar-refractivity contribution is 6.02. The molecule has 2 aromatic rings. The van der Waals surface area contributed by atoms with E-state index in [4.69, 9.17) is 0 Å². The Balaban J connectivity index is 2.13. The average molecular weight is 296 g/mol. The van der Waals surface area contributed by atoms with Gasteiger partial charge < -0.3 is 5.11 Å². The summed E-state index contributed by atoms with van der Waals surface area (Å²) in [7, 11) is 0. The Bertz CT molecular complexity index is 637. The highest BCUT2D eigenvalue weighted by Crippen LogP contribution is 2.13. The van der Waals surface area contributed by atoms with E-state index in [9.17, 15) is 9.90 Å². The van der Waals surface area contributed by atoms with E-state index in [-0.39, 0.29) is 5.92 Å². The van der Waals surface area contributed by atoms with Crippen LogP contribution in [0.5, 0.6) is 0 Å². The molecule has 0 fully saturated rings. The van der Waals surface area contributed by atoms with Gasteiger partial charge in [0, 0.05) is 0 Å². The fourth-order valence-electron chi connectivity index (χ4n) is 2.10. The molecule has 0 aliphatic rings. The second kappa shape index (κ2) is 7.52. The van der Waals surface area contributed by atoms with Crippen molar-refractivity contribution in [2.45, 2.75) is 20.0 Å². The van der Waals surface area contributed by atoms with E-state index in [1.807, 2.05) is 50.2 Å². The van der Waals surface area contributed by atoms with Crippen LogP contribution >= 0.6 is 0 Å². The Kier molecular flexibility index (Phi) is 5.44. The van der Waals surface area contributed by atoms with Gasteiger partial charge in [-0.05, 0) is 17.0 Å². The third-order valence-corrected chi connectivity index (χ3v) is 3.27. The lowest BCUT2D eigenvalue weighted by atomic mass is 10.0. The summed E-state index contributed by atoms with van der Waals surface area (Å²) < 4.78 is 0. The second-order valence-corrected chi connectivity index (χ2v) is 5.31. The number of hydrazone groups is 1. The first-order chi connectivity index (χ1) is 10.6. The highest BCUT2D eigenvalue weighted by atomic mass is 16.3. The van der Waals surface area contributed by atoms with E-state index in [2.05, 4.69) is 10.5 Å². The molecule has 1 atom stereocenters. The summed E-state index contributed by atoms with van der Waals surface area (Å²) in [6.45, 7) is 4.01. The van der Waals surface area contributed by atoms with Gasteiger partial charge in [-0.25, -0.2) is 5.43 Å². The zero-order chi connectivity index (χ0) is 15.9. The number of hydrogen-bond donors (Lipinski definition) is 2. The van der Waals surface area contributed by atoms with Crippen LogP contribution in [0.25, 0.3) is 0 Å². The minimum atomic E-state index is -1.23. The van der Waals surface area contributed by atoms with E-state index in [0.29, 0.717) is 5.56 Å². The van der Waals surface area contributed by atoms with Crippen molar-refractivity contribution in [2.75, 3.05) is 0 Å². The van der Waals surface area contributed by atoms with Crippen molar-refractivity contribution in [1.82, 2.24) is 5.43 Å². The minimum absolute atomic E-state index is 0.150. The van der Waals surface area contributed by atoms with Crippen LogP contribution in [0.3, 0.4) is 0 Å². The molecule has 22 heavy (non-hydrogen) atoms. The fourth-order valence-corrected chi connectivity index (χ4v) is 2.10. The van der Waals surface area contributed by atoms with Crippen LogP contribution in [-0.2, 0) is 4.79 Å². The molecule has 4 nitrogen and oxygen atoms in total. The summed E-state index contributed by atoms with van der Waals surface area (Å²) in [5.74, 6) is -0.392. The van der Waals surface area contributed by atoms with E-state index in [1.54, 1.807) is 24.3 Å². The third-order valence-electron chi connectivity index (χ3n) is 3.27. The van der Waals surface area contributed by atoms with Gasteiger partial charge in [0.15, 0.2) is 6.10 Å². The summed E-state index contributed by atoms with van der Waals surface area (Å²) in [5, 5.41) is 14.2. The monoisotopic (exact) mass is 296 g/mol. The Labute approximate surface area is 130 Å². The lowest BCUT2D eigenvalue weighted by molar-refractivity contribution is -0.129. The first-order valence-electron chi connectivity index (χ1n) is 7.25. The maximum atomic E-state index is 12.0. The molecule has 2 aromatic carbocycles. The fraction of sp³-hybridized carbons (Fsp3) is 0.222. The van der Waals surface area contributed by atoms with Gasteiger partial charge in [0.05, 0.1) is 5.71 Å². The van der Waals surface area contributed by atoms with Crippen molar-refractivity contribution in [2.24, 2.45) is 11.0 Å². The first-order valence-corrected chi connectivity index (χ1v) is 7.25. The summed E-state index contributed by atoms with van der Waals surface area (Å²) in [6.07, 6.45) is -1.23. The normalized spacial score (nSPS) is 13.0. The topological polar surface area (TPSA) is 61.7 Å². The molecule has 1 amide bonds. The van der Waals surface area contributed by atoms with Gasteiger partial charge in [0.1, 0.15) is 0 Å². The largest absolute Gasteiger partial charge is 0.378 e. The van der Waals surface area contributed by atoms with Crippen LogP contribution < -0.4 is 5.43 Å². The Morgan fingerprint density at radius 1 is 1.00 bits per heavy atom. The highest BCUT2D eigenvalue weighted by Gasteiger charge is 2.17.